The highest BCUT2D eigenvalue weighted by Crippen LogP contribution is 2.27. The molecule has 0 unspecified atom stereocenters. The third-order valence-electron chi connectivity index (χ3n) is 3.75. The second kappa shape index (κ2) is 8.64. The Morgan fingerprint density at radius 3 is 2.65 bits per heavy atom. The van der Waals surface area contributed by atoms with E-state index in [0.29, 0.717) is 21.0 Å². The first-order valence-corrected chi connectivity index (χ1v) is 9.65. The van der Waals surface area contributed by atoms with Crippen molar-refractivity contribution in [1.29, 1.82) is 0 Å². The minimum Gasteiger partial charge on any atom is -0.330 e. The molecule has 1 aromatic heterocycles. The third kappa shape index (κ3) is 5.29. The van der Waals surface area contributed by atoms with Crippen LogP contribution in [0.2, 0.25) is 10.0 Å². The number of hydrogen-bond acceptors (Lipinski definition) is 4. The van der Waals surface area contributed by atoms with Crippen LogP contribution in [-0.2, 0) is 6.54 Å². The van der Waals surface area contributed by atoms with Gasteiger partial charge in [0.1, 0.15) is 12.2 Å². The normalized spacial score (nSPS) is 11.6. The molecule has 0 saturated heterocycles. The van der Waals surface area contributed by atoms with Gasteiger partial charge in [0.05, 0.1) is 10.0 Å². The van der Waals surface area contributed by atoms with Crippen LogP contribution in [0.4, 0.5) is 10.8 Å². The standard InChI is InChI=1S/C19H18Cl2N4S/c1-12-3-5-14(6-4-12)11-22-13(2)9-18-24-19(26-25-18)23-15-7-8-16(20)17(21)10-15/h3-10,22H,11H2,1-2H3,(H,23,24,25)/p+1. The molecule has 0 bridgehead atoms. The van der Waals surface area contributed by atoms with Crippen molar-refractivity contribution in [3.05, 3.63) is 75.2 Å². The fourth-order valence-electron chi connectivity index (χ4n) is 2.31. The molecule has 0 aliphatic rings. The number of nitrogens with zero attached hydrogens (tertiary/aromatic N) is 2. The van der Waals surface area contributed by atoms with E-state index in [-0.39, 0.29) is 0 Å². The van der Waals surface area contributed by atoms with Crippen molar-refractivity contribution in [1.82, 2.24) is 9.36 Å². The number of anilines is 2. The number of allylic oxidation sites excluding steroid dienone is 1. The van der Waals surface area contributed by atoms with Crippen molar-refractivity contribution in [3.8, 4) is 0 Å². The summed E-state index contributed by atoms with van der Waals surface area (Å²) in [4.78, 5) is 4.49. The minimum atomic E-state index is 0.503. The molecule has 0 amide bonds. The van der Waals surface area contributed by atoms with Crippen LogP contribution >= 0.6 is 34.7 Å². The topological polar surface area (TPSA) is 54.4 Å². The van der Waals surface area contributed by atoms with E-state index in [2.05, 4.69) is 58.1 Å². The maximum Gasteiger partial charge on any atom is 0.207 e. The smallest absolute Gasteiger partial charge is 0.207 e. The van der Waals surface area contributed by atoms with Crippen molar-refractivity contribution < 1.29 is 5.32 Å². The van der Waals surface area contributed by atoms with Crippen LogP contribution in [0, 0.1) is 6.92 Å². The van der Waals surface area contributed by atoms with Crippen LogP contribution < -0.4 is 10.6 Å². The number of quaternary nitrogens is 1. The molecule has 26 heavy (non-hydrogen) atoms. The summed E-state index contributed by atoms with van der Waals surface area (Å²) in [6, 6.07) is 13.9. The molecule has 3 N–H and O–H groups in total. The molecular weight excluding hydrogens is 387 g/mol. The van der Waals surface area contributed by atoms with Crippen LogP contribution in [0.1, 0.15) is 23.9 Å². The van der Waals surface area contributed by atoms with Gasteiger partial charge in [-0.05, 0) is 25.1 Å². The molecule has 0 fully saturated rings. The zero-order chi connectivity index (χ0) is 18.5. The summed E-state index contributed by atoms with van der Waals surface area (Å²) in [7, 11) is 0. The van der Waals surface area contributed by atoms with Crippen LogP contribution in [0.25, 0.3) is 6.08 Å². The molecule has 0 aliphatic carbocycles. The van der Waals surface area contributed by atoms with Gasteiger partial charge in [-0.2, -0.15) is 9.36 Å². The fourth-order valence-corrected chi connectivity index (χ4v) is 3.18. The van der Waals surface area contributed by atoms with E-state index >= 15 is 0 Å². The molecule has 0 spiro atoms. The van der Waals surface area contributed by atoms with E-state index in [1.54, 1.807) is 12.1 Å². The van der Waals surface area contributed by atoms with Gasteiger partial charge in [-0.25, -0.2) is 0 Å². The average Bonchev–Trinajstić information content (AvgIpc) is 3.04. The van der Waals surface area contributed by atoms with Crippen LogP contribution in [-0.4, -0.2) is 9.36 Å². The van der Waals surface area contributed by atoms with Gasteiger partial charge in [-0.1, -0.05) is 53.0 Å². The molecule has 0 radical (unpaired) electrons. The van der Waals surface area contributed by atoms with Crippen LogP contribution in [0.5, 0.6) is 0 Å². The number of hydrogen-bond donors (Lipinski definition) is 2. The SMILES string of the molecule is CC(=Cc1nsc(Nc2ccc(Cl)c(Cl)c2)n1)[NH2+]Cc1ccc(C)cc1. The predicted molar refractivity (Wildman–Crippen MR) is 110 cm³/mol. The first-order chi connectivity index (χ1) is 12.5. The lowest BCUT2D eigenvalue weighted by Crippen LogP contribution is -2.79. The van der Waals surface area contributed by atoms with Gasteiger partial charge in [0.15, 0.2) is 5.82 Å². The van der Waals surface area contributed by atoms with E-state index in [4.69, 9.17) is 23.2 Å². The molecule has 3 aromatic rings. The van der Waals surface area contributed by atoms with Gasteiger partial charge in [-0.15, -0.1) is 0 Å². The molecule has 3 rings (SSSR count). The Labute approximate surface area is 167 Å². The van der Waals surface area contributed by atoms with Crippen LogP contribution in [0.15, 0.2) is 48.2 Å². The van der Waals surface area contributed by atoms with E-state index in [1.165, 1.54) is 22.7 Å². The van der Waals surface area contributed by atoms with Gasteiger partial charge in [0.25, 0.3) is 0 Å². The maximum absolute atomic E-state index is 6.03. The molecule has 0 atom stereocenters. The van der Waals surface area contributed by atoms with Crippen molar-refractivity contribution in [3.63, 3.8) is 0 Å². The van der Waals surface area contributed by atoms with Gasteiger partial charge in [0.2, 0.25) is 5.13 Å². The molecular formula is C19H19Cl2N4S+. The summed E-state index contributed by atoms with van der Waals surface area (Å²) in [6.45, 7) is 5.04. The summed E-state index contributed by atoms with van der Waals surface area (Å²) in [6.07, 6.45) is 1.98. The maximum atomic E-state index is 6.03. The number of nitrogens with one attached hydrogen (secondary N) is 1. The first-order valence-electron chi connectivity index (χ1n) is 8.12. The number of rotatable bonds is 6. The lowest BCUT2D eigenvalue weighted by molar-refractivity contribution is -0.621. The Bertz CT molecular complexity index is 920. The van der Waals surface area contributed by atoms with Gasteiger partial charge in [0, 0.05) is 35.8 Å². The second-order valence-electron chi connectivity index (χ2n) is 5.99. The minimum absolute atomic E-state index is 0.503. The number of aromatic nitrogens is 2. The monoisotopic (exact) mass is 405 g/mol. The lowest BCUT2D eigenvalue weighted by Gasteiger charge is -2.03. The summed E-state index contributed by atoms with van der Waals surface area (Å²) >= 11 is 13.3. The Morgan fingerprint density at radius 1 is 1.15 bits per heavy atom. The third-order valence-corrected chi connectivity index (χ3v) is 5.13. The molecule has 1 heterocycles. The Kier molecular flexibility index (Phi) is 6.27. The van der Waals surface area contributed by atoms with E-state index < -0.39 is 0 Å². The highest BCUT2D eigenvalue weighted by Gasteiger charge is 2.06. The summed E-state index contributed by atoms with van der Waals surface area (Å²) in [5, 5.41) is 7.11. The summed E-state index contributed by atoms with van der Waals surface area (Å²) in [5.41, 5.74) is 4.52. The predicted octanol–water partition coefficient (Wildman–Crippen LogP) is 5.02. The molecule has 134 valence electrons. The van der Waals surface area contributed by atoms with E-state index in [9.17, 15) is 0 Å². The number of halogens is 2. The van der Waals surface area contributed by atoms with E-state index in [1.807, 2.05) is 12.1 Å². The zero-order valence-electron chi connectivity index (χ0n) is 14.5. The Hall–Kier alpha value is -1.92. The molecule has 2 aromatic carbocycles. The quantitative estimate of drug-likeness (QED) is 0.604. The zero-order valence-corrected chi connectivity index (χ0v) is 16.8. The van der Waals surface area contributed by atoms with Crippen molar-refractivity contribution in [2.24, 2.45) is 0 Å². The average molecular weight is 406 g/mol. The largest absolute Gasteiger partial charge is 0.330 e. The number of nitrogens with two attached hydrogens (primary N) is 1. The number of aryl methyl sites for hydroxylation is 1. The molecule has 4 nitrogen and oxygen atoms in total. The van der Waals surface area contributed by atoms with Crippen molar-refractivity contribution >= 4 is 51.6 Å². The van der Waals surface area contributed by atoms with Gasteiger partial charge in [-0.3, -0.25) is 0 Å². The number of benzene rings is 2. The van der Waals surface area contributed by atoms with Gasteiger partial charge < -0.3 is 10.6 Å². The molecule has 0 saturated carbocycles. The van der Waals surface area contributed by atoms with Crippen LogP contribution in [0.3, 0.4) is 0 Å². The van der Waals surface area contributed by atoms with E-state index in [0.717, 1.165) is 17.9 Å². The highest BCUT2D eigenvalue weighted by atomic mass is 35.5. The van der Waals surface area contributed by atoms with Crippen molar-refractivity contribution in [2.45, 2.75) is 20.4 Å². The Balaban J connectivity index is 1.60. The van der Waals surface area contributed by atoms with Gasteiger partial charge >= 0.3 is 0 Å². The molecule has 0 aliphatic heterocycles. The fraction of sp³-hybridized carbons (Fsp3) is 0.158. The molecule has 7 heteroatoms. The summed E-state index contributed by atoms with van der Waals surface area (Å²) in [5.74, 6) is 0.690. The first kappa shape index (κ1) is 18.9. The summed E-state index contributed by atoms with van der Waals surface area (Å²) < 4.78 is 4.37. The highest BCUT2D eigenvalue weighted by molar-refractivity contribution is 7.09. The Morgan fingerprint density at radius 2 is 1.92 bits per heavy atom. The lowest BCUT2D eigenvalue weighted by atomic mass is 10.1. The van der Waals surface area contributed by atoms with Crippen molar-refractivity contribution in [2.75, 3.05) is 5.32 Å². The second-order valence-corrected chi connectivity index (χ2v) is 7.56.